The van der Waals surface area contributed by atoms with Crippen molar-refractivity contribution in [2.75, 3.05) is 19.6 Å². The Morgan fingerprint density at radius 2 is 1.97 bits per heavy atom. The molecule has 1 aromatic heterocycles. The molecule has 2 N–H and O–H groups in total. The first kappa shape index (κ1) is 21.3. The van der Waals surface area contributed by atoms with Gasteiger partial charge in [0, 0.05) is 44.3 Å². The Labute approximate surface area is 173 Å². The Morgan fingerprint density at radius 1 is 1.21 bits per heavy atom. The van der Waals surface area contributed by atoms with Crippen LogP contribution in [0.25, 0.3) is 11.3 Å². The molecule has 0 bridgehead atoms. The van der Waals surface area contributed by atoms with E-state index in [2.05, 4.69) is 30.0 Å². The lowest BCUT2D eigenvalue weighted by molar-refractivity contribution is 0.000442. The summed E-state index contributed by atoms with van der Waals surface area (Å²) in [4.78, 5) is 21.4. The van der Waals surface area contributed by atoms with Gasteiger partial charge >= 0.3 is 6.09 Å². The molecule has 1 aromatic carbocycles. The molecule has 6 nitrogen and oxygen atoms in total. The minimum absolute atomic E-state index is 0.100. The summed E-state index contributed by atoms with van der Waals surface area (Å²) in [6, 6.07) is 14.4. The molecule has 0 spiro atoms. The summed E-state index contributed by atoms with van der Waals surface area (Å²) in [7, 11) is 0. The van der Waals surface area contributed by atoms with E-state index in [4.69, 9.17) is 15.5 Å². The molecule has 29 heavy (non-hydrogen) atoms. The van der Waals surface area contributed by atoms with Gasteiger partial charge in [-0.25, -0.2) is 4.79 Å². The largest absolute Gasteiger partial charge is 0.444 e. The van der Waals surface area contributed by atoms with Crippen LogP contribution in [0.5, 0.6) is 0 Å². The van der Waals surface area contributed by atoms with E-state index in [1.54, 1.807) is 0 Å². The van der Waals surface area contributed by atoms with Crippen LogP contribution in [0.2, 0.25) is 0 Å². The first-order chi connectivity index (χ1) is 13.7. The van der Waals surface area contributed by atoms with Crippen LogP contribution >= 0.6 is 0 Å². The molecule has 1 aliphatic rings. The molecule has 156 valence electrons. The molecule has 0 aliphatic carbocycles. The Bertz CT molecular complexity index is 847. The van der Waals surface area contributed by atoms with Crippen molar-refractivity contribution in [3.63, 3.8) is 0 Å². The topological polar surface area (TPSA) is 71.7 Å². The Hall–Kier alpha value is -2.44. The van der Waals surface area contributed by atoms with Gasteiger partial charge in [-0.15, -0.1) is 0 Å². The number of rotatable bonds is 4. The molecule has 0 unspecified atom stereocenters. The molecule has 0 saturated carbocycles. The Morgan fingerprint density at radius 3 is 2.66 bits per heavy atom. The summed E-state index contributed by atoms with van der Waals surface area (Å²) in [5.74, 6) is 0. The third kappa shape index (κ3) is 5.78. The molecule has 3 rings (SSSR count). The standard InChI is InChI=1S/C23H32N4O2/c1-17-15-26(11-12-27(17)22(28)29-23(2,3)4)16-20-9-6-10-21(25-20)19-8-5-7-18(13-19)14-24/h5-10,13,17H,11-12,14-16,24H2,1-4H3/t17-/m0/s1. The van der Waals surface area contributed by atoms with Crippen molar-refractivity contribution >= 4 is 6.09 Å². The highest BCUT2D eigenvalue weighted by atomic mass is 16.6. The van der Waals surface area contributed by atoms with Crippen molar-refractivity contribution in [1.82, 2.24) is 14.8 Å². The monoisotopic (exact) mass is 396 g/mol. The summed E-state index contributed by atoms with van der Waals surface area (Å²) >= 11 is 0. The minimum atomic E-state index is -0.473. The third-order valence-electron chi connectivity index (χ3n) is 4.99. The number of aromatic nitrogens is 1. The number of amides is 1. The van der Waals surface area contributed by atoms with Crippen molar-refractivity contribution in [2.45, 2.75) is 52.4 Å². The second-order valence-electron chi connectivity index (χ2n) is 8.68. The van der Waals surface area contributed by atoms with Gasteiger partial charge in [0.15, 0.2) is 0 Å². The van der Waals surface area contributed by atoms with Crippen molar-refractivity contribution < 1.29 is 9.53 Å². The van der Waals surface area contributed by atoms with Gasteiger partial charge in [-0.2, -0.15) is 0 Å². The first-order valence-corrected chi connectivity index (χ1v) is 10.2. The predicted molar refractivity (Wildman–Crippen MR) is 115 cm³/mol. The van der Waals surface area contributed by atoms with Gasteiger partial charge < -0.3 is 15.4 Å². The number of benzene rings is 1. The highest BCUT2D eigenvalue weighted by Crippen LogP contribution is 2.20. The average molecular weight is 397 g/mol. The normalized spacial score (nSPS) is 18.0. The predicted octanol–water partition coefficient (Wildman–Crippen LogP) is 3.65. The van der Waals surface area contributed by atoms with Crippen molar-refractivity contribution in [3.8, 4) is 11.3 Å². The van der Waals surface area contributed by atoms with E-state index in [-0.39, 0.29) is 12.1 Å². The zero-order valence-electron chi connectivity index (χ0n) is 17.9. The second-order valence-corrected chi connectivity index (χ2v) is 8.68. The third-order valence-corrected chi connectivity index (χ3v) is 4.99. The highest BCUT2D eigenvalue weighted by Gasteiger charge is 2.30. The molecular formula is C23H32N4O2. The van der Waals surface area contributed by atoms with E-state index in [0.29, 0.717) is 13.1 Å². The number of carbonyl (C=O) groups excluding carboxylic acids is 1. The van der Waals surface area contributed by atoms with Gasteiger partial charge in [0.25, 0.3) is 0 Å². The molecule has 1 atom stereocenters. The zero-order valence-corrected chi connectivity index (χ0v) is 17.9. The second kappa shape index (κ2) is 8.93. The number of nitrogens with two attached hydrogens (primary N) is 1. The number of piperazine rings is 1. The number of hydrogen-bond donors (Lipinski definition) is 1. The van der Waals surface area contributed by atoms with Crippen LogP contribution in [0.1, 0.15) is 39.0 Å². The Balaban J connectivity index is 1.64. The fourth-order valence-corrected chi connectivity index (χ4v) is 3.58. The van der Waals surface area contributed by atoms with Gasteiger partial charge in [-0.3, -0.25) is 9.88 Å². The van der Waals surface area contributed by atoms with E-state index in [1.807, 2.05) is 49.9 Å². The minimum Gasteiger partial charge on any atom is -0.444 e. The molecule has 1 saturated heterocycles. The smallest absolute Gasteiger partial charge is 0.410 e. The zero-order chi connectivity index (χ0) is 21.0. The van der Waals surface area contributed by atoms with Crippen molar-refractivity contribution in [1.29, 1.82) is 0 Å². The molecule has 6 heteroatoms. The van der Waals surface area contributed by atoms with Crippen LogP contribution in [-0.2, 0) is 17.8 Å². The Kier molecular flexibility index (Phi) is 6.55. The lowest BCUT2D eigenvalue weighted by Gasteiger charge is -2.40. The summed E-state index contributed by atoms with van der Waals surface area (Å²) in [5, 5.41) is 0. The van der Waals surface area contributed by atoms with Gasteiger partial charge in [0.05, 0.1) is 11.4 Å². The fourth-order valence-electron chi connectivity index (χ4n) is 3.58. The van der Waals surface area contributed by atoms with Gasteiger partial charge in [0.2, 0.25) is 0 Å². The number of pyridine rings is 1. The lowest BCUT2D eigenvalue weighted by Crippen LogP contribution is -2.54. The van der Waals surface area contributed by atoms with E-state index < -0.39 is 5.60 Å². The molecule has 1 fully saturated rings. The fraction of sp³-hybridized carbons (Fsp3) is 0.478. The number of carbonyl (C=O) groups is 1. The maximum Gasteiger partial charge on any atom is 0.410 e. The highest BCUT2D eigenvalue weighted by molar-refractivity contribution is 5.68. The quantitative estimate of drug-likeness (QED) is 0.854. The van der Waals surface area contributed by atoms with Crippen LogP contribution < -0.4 is 5.73 Å². The number of ether oxygens (including phenoxy) is 1. The van der Waals surface area contributed by atoms with E-state index in [1.165, 1.54) is 0 Å². The molecule has 2 aromatic rings. The lowest BCUT2D eigenvalue weighted by atomic mass is 10.1. The van der Waals surface area contributed by atoms with Gasteiger partial charge in [-0.1, -0.05) is 24.3 Å². The first-order valence-electron chi connectivity index (χ1n) is 10.2. The maximum absolute atomic E-state index is 12.4. The van der Waals surface area contributed by atoms with Gasteiger partial charge in [0.1, 0.15) is 5.60 Å². The number of nitrogens with zero attached hydrogens (tertiary/aromatic N) is 3. The molecule has 0 radical (unpaired) electrons. The van der Waals surface area contributed by atoms with E-state index in [0.717, 1.165) is 42.1 Å². The van der Waals surface area contributed by atoms with Crippen LogP contribution in [0.3, 0.4) is 0 Å². The SMILES string of the molecule is C[C@H]1CN(Cc2cccc(-c3cccc(CN)c3)n2)CCN1C(=O)OC(C)(C)C. The summed E-state index contributed by atoms with van der Waals surface area (Å²) in [6.07, 6.45) is -0.232. The molecule has 2 heterocycles. The van der Waals surface area contributed by atoms with Crippen LogP contribution in [0.15, 0.2) is 42.5 Å². The summed E-state index contributed by atoms with van der Waals surface area (Å²) in [5.41, 5.74) is 9.46. The van der Waals surface area contributed by atoms with Crippen LogP contribution in [-0.4, -0.2) is 52.2 Å². The molecular weight excluding hydrogens is 364 g/mol. The molecule has 1 aliphatic heterocycles. The van der Waals surface area contributed by atoms with Gasteiger partial charge in [-0.05, 0) is 51.5 Å². The van der Waals surface area contributed by atoms with E-state index >= 15 is 0 Å². The summed E-state index contributed by atoms with van der Waals surface area (Å²) < 4.78 is 5.53. The molecule has 1 amide bonds. The average Bonchev–Trinajstić information content (AvgIpc) is 2.67. The summed E-state index contributed by atoms with van der Waals surface area (Å²) in [6.45, 7) is 11.3. The van der Waals surface area contributed by atoms with Crippen LogP contribution in [0, 0.1) is 0 Å². The number of hydrogen-bond acceptors (Lipinski definition) is 5. The maximum atomic E-state index is 12.4. The van der Waals surface area contributed by atoms with E-state index in [9.17, 15) is 4.79 Å². The van der Waals surface area contributed by atoms with Crippen LogP contribution in [0.4, 0.5) is 4.79 Å². The van der Waals surface area contributed by atoms with Crippen molar-refractivity contribution in [3.05, 3.63) is 53.7 Å². The van der Waals surface area contributed by atoms with Crippen molar-refractivity contribution in [2.24, 2.45) is 5.73 Å².